The van der Waals surface area contributed by atoms with E-state index in [0.717, 1.165) is 69.6 Å². The highest BCUT2D eigenvalue weighted by molar-refractivity contribution is 5.71. The van der Waals surface area contributed by atoms with E-state index in [4.69, 9.17) is 14.2 Å². The Morgan fingerprint density at radius 2 is 0.551 bits per heavy atom. The molecule has 0 fully saturated rings. The molecule has 0 aliphatic carbocycles. The lowest BCUT2D eigenvalue weighted by Crippen LogP contribution is -2.30. The molecule has 0 aromatic heterocycles. The minimum atomic E-state index is -0.762. The number of carbonyl (C=O) groups excluding carboxylic acids is 3. The first kappa shape index (κ1) is 67.4. The van der Waals surface area contributed by atoms with Gasteiger partial charge in [-0.2, -0.15) is 0 Å². The highest BCUT2D eigenvalue weighted by atomic mass is 16.6. The summed E-state index contributed by atoms with van der Waals surface area (Å²) in [5.74, 6) is 0.925. The van der Waals surface area contributed by atoms with Gasteiger partial charge in [0.15, 0.2) is 6.10 Å². The molecule has 0 aromatic rings. The standard InChI is InChI=1S/C63H122O6/c1-6-8-9-10-11-12-26-35-40-45-50-55-63(66)69-60(57-68-62(65)54-49-44-39-34-30-25-21-17-18-22-27-31-36-41-46-51-58(3)4)56-67-61(64)53-48-43-38-33-29-24-20-16-14-13-15-19-23-28-32-37-42-47-52-59(5)7-2/h58-60H,6-57H2,1-5H3/t59?,60-/m0/s1. The van der Waals surface area contributed by atoms with E-state index in [9.17, 15) is 14.4 Å². The molecule has 1 unspecified atom stereocenters. The maximum Gasteiger partial charge on any atom is 0.306 e. The first-order chi connectivity index (χ1) is 33.8. The maximum atomic E-state index is 12.8. The van der Waals surface area contributed by atoms with Gasteiger partial charge in [0.2, 0.25) is 0 Å². The molecule has 6 nitrogen and oxygen atoms in total. The topological polar surface area (TPSA) is 78.9 Å². The summed E-state index contributed by atoms with van der Waals surface area (Å²) in [5, 5.41) is 0. The zero-order chi connectivity index (χ0) is 50.4. The predicted octanol–water partition coefficient (Wildman–Crippen LogP) is 20.8. The maximum absolute atomic E-state index is 12.8. The minimum absolute atomic E-state index is 0.0621. The summed E-state index contributed by atoms with van der Waals surface area (Å²) in [6.07, 6.45) is 61.0. The van der Waals surface area contributed by atoms with Crippen LogP contribution in [-0.4, -0.2) is 37.2 Å². The molecule has 0 N–H and O–H groups in total. The van der Waals surface area contributed by atoms with Crippen molar-refractivity contribution in [3.63, 3.8) is 0 Å². The molecule has 0 bridgehead atoms. The smallest absolute Gasteiger partial charge is 0.306 e. The third-order valence-electron chi connectivity index (χ3n) is 14.8. The van der Waals surface area contributed by atoms with Crippen molar-refractivity contribution in [3.8, 4) is 0 Å². The molecular formula is C63H122O6. The summed E-state index contributed by atoms with van der Waals surface area (Å²) in [6.45, 7) is 11.5. The van der Waals surface area contributed by atoms with E-state index in [-0.39, 0.29) is 31.1 Å². The van der Waals surface area contributed by atoms with Crippen LogP contribution >= 0.6 is 0 Å². The number of esters is 3. The molecule has 0 aliphatic rings. The van der Waals surface area contributed by atoms with Gasteiger partial charge in [-0.25, -0.2) is 0 Å². The molecule has 0 aromatic carbocycles. The lowest BCUT2D eigenvalue weighted by atomic mass is 9.99. The Hall–Kier alpha value is -1.59. The second-order valence-corrected chi connectivity index (χ2v) is 22.4. The lowest BCUT2D eigenvalue weighted by Gasteiger charge is -2.18. The second kappa shape index (κ2) is 55.7. The van der Waals surface area contributed by atoms with Gasteiger partial charge in [-0.15, -0.1) is 0 Å². The number of ether oxygens (including phenoxy) is 3. The van der Waals surface area contributed by atoms with Crippen LogP contribution in [0.2, 0.25) is 0 Å². The van der Waals surface area contributed by atoms with Gasteiger partial charge in [0.1, 0.15) is 13.2 Å². The first-order valence-corrected chi connectivity index (χ1v) is 31.3. The molecule has 69 heavy (non-hydrogen) atoms. The van der Waals surface area contributed by atoms with Gasteiger partial charge < -0.3 is 14.2 Å². The van der Waals surface area contributed by atoms with Crippen LogP contribution in [0.3, 0.4) is 0 Å². The Labute approximate surface area is 431 Å². The monoisotopic (exact) mass is 975 g/mol. The van der Waals surface area contributed by atoms with Crippen molar-refractivity contribution in [2.24, 2.45) is 11.8 Å². The van der Waals surface area contributed by atoms with Crippen molar-refractivity contribution in [2.45, 2.75) is 362 Å². The van der Waals surface area contributed by atoms with Crippen molar-refractivity contribution in [3.05, 3.63) is 0 Å². The van der Waals surface area contributed by atoms with Gasteiger partial charge in [-0.1, -0.05) is 317 Å². The van der Waals surface area contributed by atoms with Crippen molar-refractivity contribution >= 4 is 17.9 Å². The molecule has 0 heterocycles. The summed E-state index contributed by atoms with van der Waals surface area (Å²) >= 11 is 0. The van der Waals surface area contributed by atoms with Crippen LogP contribution in [0.15, 0.2) is 0 Å². The average Bonchev–Trinajstić information content (AvgIpc) is 3.34. The largest absolute Gasteiger partial charge is 0.462 e. The molecule has 0 rings (SSSR count). The van der Waals surface area contributed by atoms with Gasteiger partial charge in [-0.05, 0) is 31.1 Å². The van der Waals surface area contributed by atoms with Gasteiger partial charge >= 0.3 is 17.9 Å². The first-order valence-electron chi connectivity index (χ1n) is 31.3. The Balaban J connectivity index is 4.19. The Morgan fingerprint density at radius 1 is 0.304 bits per heavy atom. The molecule has 0 spiro atoms. The van der Waals surface area contributed by atoms with Gasteiger partial charge in [0, 0.05) is 19.3 Å². The van der Waals surface area contributed by atoms with Crippen molar-refractivity contribution in [1.29, 1.82) is 0 Å². The van der Waals surface area contributed by atoms with Crippen molar-refractivity contribution < 1.29 is 28.6 Å². The number of rotatable bonds is 57. The highest BCUT2D eigenvalue weighted by Gasteiger charge is 2.19. The zero-order valence-corrected chi connectivity index (χ0v) is 47.5. The van der Waals surface area contributed by atoms with E-state index in [1.165, 1.54) is 244 Å². The zero-order valence-electron chi connectivity index (χ0n) is 47.5. The van der Waals surface area contributed by atoms with Crippen molar-refractivity contribution in [1.82, 2.24) is 0 Å². The number of unbranched alkanes of at least 4 members (excludes halogenated alkanes) is 41. The van der Waals surface area contributed by atoms with E-state index < -0.39 is 6.10 Å². The molecule has 6 heteroatoms. The van der Waals surface area contributed by atoms with Gasteiger partial charge in [-0.3, -0.25) is 14.4 Å². The van der Waals surface area contributed by atoms with Crippen LogP contribution < -0.4 is 0 Å². The SMILES string of the molecule is CCCCCCCCCCCCCC(=O)O[C@@H](COC(=O)CCCCCCCCCCCCCCCCCCCCC(C)CC)COC(=O)CCCCCCCCCCCCCCCCCC(C)C. The van der Waals surface area contributed by atoms with Crippen LogP contribution in [0.1, 0.15) is 356 Å². The van der Waals surface area contributed by atoms with Crippen LogP contribution in [-0.2, 0) is 28.6 Å². The number of hydrogen-bond donors (Lipinski definition) is 0. The minimum Gasteiger partial charge on any atom is -0.462 e. The number of carbonyl (C=O) groups is 3. The number of hydrogen-bond acceptors (Lipinski definition) is 6. The van der Waals surface area contributed by atoms with E-state index in [1.807, 2.05) is 0 Å². The van der Waals surface area contributed by atoms with Gasteiger partial charge in [0.25, 0.3) is 0 Å². The molecule has 0 aliphatic heterocycles. The molecule has 0 radical (unpaired) electrons. The molecule has 0 amide bonds. The summed E-state index contributed by atoms with van der Waals surface area (Å²) < 4.78 is 16.9. The summed E-state index contributed by atoms with van der Waals surface area (Å²) in [7, 11) is 0. The molecular weight excluding hydrogens is 853 g/mol. The molecule has 2 atom stereocenters. The molecule has 0 saturated carbocycles. The fraction of sp³-hybridized carbons (Fsp3) is 0.952. The third kappa shape index (κ3) is 55.6. The lowest BCUT2D eigenvalue weighted by molar-refractivity contribution is -0.167. The van der Waals surface area contributed by atoms with E-state index >= 15 is 0 Å². The van der Waals surface area contributed by atoms with E-state index in [1.54, 1.807) is 0 Å². The quantitative estimate of drug-likeness (QED) is 0.0343. The predicted molar refractivity (Wildman–Crippen MR) is 298 cm³/mol. The highest BCUT2D eigenvalue weighted by Crippen LogP contribution is 2.19. The molecule has 410 valence electrons. The van der Waals surface area contributed by atoms with E-state index in [0.29, 0.717) is 19.3 Å². The van der Waals surface area contributed by atoms with Crippen LogP contribution in [0, 0.1) is 11.8 Å². The normalized spacial score (nSPS) is 12.4. The third-order valence-corrected chi connectivity index (χ3v) is 14.8. The van der Waals surface area contributed by atoms with Crippen LogP contribution in [0.4, 0.5) is 0 Å². The molecule has 0 saturated heterocycles. The Bertz CT molecular complexity index is 1060. The fourth-order valence-electron chi connectivity index (χ4n) is 9.73. The summed E-state index contributed by atoms with van der Waals surface area (Å²) in [5.41, 5.74) is 0. The second-order valence-electron chi connectivity index (χ2n) is 22.4. The van der Waals surface area contributed by atoms with Crippen LogP contribution in [0.5, 0.6) is 0 Å². The van der Waals surface area contributed by atoms with Crippen molar-refractivity contribution in [2.75, 3.05) is 13.2 Å². The van der Waals surface area contributed by atoms with E-state index in [2.05, 4.69) is 34.6 Å². The fourth-order valence-corrected chi connectivity index (χ4v) is 9.73. The average molecular weight is 976 g/mol. The Morgan fingerprint density at radius 3 is 0.826 bits per heavy atom. The van der Waals surface area contributed by atoms with Gasteiger partial charge in [0.05, 0.1) is 0 Å². The van der Waals surface area contributed by atoms with Crippen LogP contribution in [0.25, 0.3) is 0 Å². The summed E-state index contributed by atoms with van der Waals surface area (Å²) in [6, 6.07) is 0. The summed E-state index contributed by atoms with van der Waals surface area (Å²) in [4.78, 5) is 38.2. The Kier molecular flexibility index (Phi) is 54.4.